The van der Waals surface area contributed by atoms with Gasteiger partial charge in [-0.05, 0) is 92.2 Å². The number of pyridine rings is 1. The van der Waals surface area contributed by atoms with E-state index in [-0.39, 0.29) is 23.4 Å². The molecular formula is C35H38N2O4. The van der Waals surface area contributed by atoms with E-state index in [0.29, 0.717) is 24.0 Å². The molecule has 2 unspecified atom stereocenters. The predicted octanol–water partition coefficient (Wildman–Crippen LogP) is 6.79. The van der Waals surface area contributed by atoms with Gasteiger partial charge >= 0.3 is 0 Å². The highest BCUT2D eigenvalue weighted by Gasteiger charge is 2.34. The maximum Gasteiger partial charge on any atom is 0.166 e. The maximum atomic E-state index is 13.5. The van der Waals surface area contributed by atoms with Crippen LogP contribution < -0.4 is 9.47 Å². The Morgan fingerprint density at radius 3 is 2.59 bits per heavy atom. The molecule has 41 heavy (non-hydrogen) atoms. The van der Waals surface area contributed by atoms with Crippen molar-refractivity contribution >= 4 is 16.7 Å². The molecule has 1 aliphatic heterocycles. The van der Waals surface area contributed by atoms with E-state index in [9.17, 15) is 9.90 Å². The van der Waals surface area contributed by atoms with E-state index in [0.717, 1.165) is 73.0 Å². The van der Waals surface area contributed by atoms with Crippen LogP contribution in [0.15, 0.2) is 72.8 Å². The molecule has 3 aromatic carbocycles. The van der Waals surface area contributed by atoms with Gasteiger partial charge in [-0.1, -0.05) is 43.3 Å². The lowest BCUT2D eigenvalue weighted by atomic mass is 9.85. The van der Waals surface area contributed by atoms with Crippen molar-refractivity contribution in [3.8, 4) is 17.2 Å². The molecule has 0 bridgehead atoms. The molecule has 0 amide bonds. The van der Waals surface area contributed by atoms with Crippen molar-refractivity contribution in [2.45, 2.75) is 45.1 Å². The van der Waals surface area contributed by atoms with E-state index in [1.165, 1.54) is 5.56 Å². The third-order valence-electron chi connectivity index (χ3n) is 8.75. The van der Waals surface area contributed by atoms with Crippen molar-refractivity contribution < 1.29 is 19.4 Å². The molecule has 6 nitrogen and oxygen atoms in total. The highest BCUT2D eigenvalue weighted by molar-refractivity contribution is 6.03. The first-order chi connectivity index (χ1) is 20.0. The molecular weight excluding hydrogens is 512 g/mol. The van der Waals surface area contributed by atoms with Crippen LogP contribution in [0.1, 0.15) is 59.3 Å². The molecule has 6 rings (SSSR count). The minimum absolute atomic E-state index is 0.0300. The second kappa shape index (κ2) is 11.9. The molecule has 2 heterocycles. The number of likely N-dealkylation sites (tertiary alicyclic amines) is 1. The molecule has 2 aliphatic rings. The first kappa shape index (κ1) is 27.3. The molecule has 1 aromatic heterocycles. The summed E-state index contributed by atoms with van der Waals surface area (Å²) in [6.07, 6.45) is 4.02. The van der Waals surface area contributed by atoms with Gasteiger partial charge in [0, 0.05) is 35.0 Å². The van der Waals surface area contributed by atoms with Crippen LogP contribution in [0.25, 0.3) is 10.9 Å². The zero-order valence-corrected chi connectivity index (χ0v) is 23.9. The van der Waals surface area contributed by atoms with Gasteiger partial charge in [-0.25, -0.2) is 0 Å². The van der Waals surface area contributed by atoms with Gasteiger partial charge < -0.3 is 14.6 Å². The van der Waals surface area contributed by atoms with Crippen LogP contribution in [0.5, 0.6) is 17.2 Å². The molecule has 1 fully saturated rings. The Labute approximate surface area is 241 Å². The summed E-state index contributed by atoms with van der Waals surface area (Å²) in [7, 11) is 1.65. The number of aromatic hydroxyl groups is 1. The number of rotatable bonds is 9. The van der Waals surface area contributed by atoms with Crippen LogP contribution in [0.3, 0.4) is 0 Å². The zero-order chi connectivity index (χ0) is 28.3. The summed E-state index contributed by atoms with van der Waals surface area (Å²) < 4.78 is 11.9. The molecule has 4 aromatic rings. The number of phenols is 1. The van der Waals surface area contributed by atoms with Crippen LogP contribution in [-0.2, 0) is 13.0 Å². The van der Waals surface area contributed by atoms with Crippen molar-refractivity contribution in [3.05, 3.63) is 95.2 Å². The van der Waals surface area contributed by atoms with Gasteiger partial charge in [0.25, 0.3) is 0 Å². The topological polar surface area (TPSA) is 71.9 Å². The zero-order valence-electron chi connectivity index (χ0n) is 23.9. The largest absolute Gasteiger partial charge is 0.508 e. The van der Waals surface area contributed by atoms with E-state index in [2.05, 4.69) is 42.2 Å². The quantitative estimate of drug-likeness (QED) is 0.247. The van der Waals surface area contributed by atoms with Crippen molar-refractivity contribution in [3.63, 3.8) is 0 Å². The predicted molar refractivity (Wildman–Crippen MR) is 161 cm³/mol. The van der Waals surface area contributed by atoms with E-state index in [1.807, 2.05) is 30.3 Å². The average molecular weight is 551 g/mol. The van der Waals surface area contributed by atoms with E-state index >= 15 is 0 Å². The van der Waals surface area contributed by atoms with Gasteiger partial charge in [-0.3, -0.25) is 14.7 Å². The molecule has 0 saturated carbocycles. The van der Waals surface area contributed by atoms with Gasteiger partial charge in [-0.15, -0.1) is 0 Å². The molecule has 1 saturated heterocycles. The number of nitrogens with zero attached hydrogens (tertiary/aromatic N) is 2. The van der Waals surface area contributed by atoms with Crippen molar-refractivity contribution in [1.82, 2.24) is 9.88 Å². The highest BCUT2D eigenvalue weighted by atomic mass is 16.5. The molecule has 2 atom stereocenters. The smallest absolute Gasteiger partial charge is 0.166 e. The number of hydrogen-bond donors (Lipinski definition) is 1. The number of ketones is 1. The van der Waals surface area contributed by atoms with Crippen LogP contribution >= 0.6 is 0 Å². The van der Waals surface area contributed by atoms with Crippen LogP contribution in [-0.4, -0.2) is 47.6 Å². The first-order valence-electron chi connectivity index (χ1n) is 14.7. The molecule has 212 valence electrons. The number of hydrogen-bond acceptors (Lipinski definition) is 6. The third-order valence-corrected chi connectivity index (χ3v) is 8.75. The number of piperidine rings is 1. The fourth-order valence-corrected chi connectivity index (χ4v) is 6.37. The molecule has 1 N–H and O–H groups in total. The lowest BCUT2D eigenvalue weighted by molar-refractivity contribution is 0.0895. The summed E-state index contributed by atoms with van der Waals surface area (Å²) in [6, 6.07) is 23.7. The number of aromatic nitrogens is 1. The standard InChI is InChI=1S/C35H38N2O4/c1-23(31-10-8-26-18-29(38)9-11-32(26)36-31)22-41-34-20-30-27(19-33(34)40-2)17-28(35(30)39)16-24-12-14-37(15-13-24)21-25-6-4-3-5-7-25/h3-11,18-20,23-24,28,38H,12-17,21-22H2,1-2H3. The Hall–Kier alpha value is -3.90. The summed E-state index contributed by atoms with van der Waals surface area (Å²) in [5.41, 5.74) is 4.96. The van der Waals surface area contributed by atoms with Gasteiger partial charge in [-0.2, -0.15) is 0 Å². The minimum atomic E-state index is 0.0300. The lowest BCUT2D eigenvalue weighted by Crippen LogP contribution is -2.34. The fourth-order valence-electron chi connectivity index (χ4n) is 6.37. The van der Waals surface area contributed by atoms with E-state index in [1.54, 1.807) is 19.2 Å². The first-order valence-corrected chi connectivity index (χ1v) is 14.7. The number of carbonyl (C=O) groups is 1. The van der Waals surface area contributed by atoms with Crippen LogP contribution in [0.4, 0.5) is 0 Å². The Morgan fingerprint density at radius 2 is 1.80 bits per heavy atom. The third kappa shape index (κ3) is 6.08. The van der Waals surface area contributed by atoms with Crippen LogP contribution in [0, 0.1) is 11.8 Å². The number of carbonyl (C=O) groups excluding carboxylic acids is 1. The number of benzene rings is 3. The maximum absolute atomic E-state index is 13.5. The Kier molecular flexibility index (Phi) is 7.93. The summed E-state index contributed by atoms with van der Waals surface area (Å²) in [6.45, 7) is 5.66. The second-order valence-electron chi connectivity index (χ2n) is 11.7. The number of fused-ring (bicyclic) bond motifs is 2. The Balaban J connectivity index is 1.07. The van der Waals surface area contributed by atoms with Crippen LogP contribution in [0.2, 0.25) is 0 Å². The molecule has 6 heteroatoms. The van der Waals surface area contributed by atoms with Crippen molar-refractivity contribution in [2.75, 3.05) is 26.8 Å². The minimum Gasteiger partial charge on any atom is -0.508 e. The number of methoxy groups -OCH3 is 1. The van der Waals surface area contributed by atoms with Gasteiger partial charge in [0.05, 0.1) is 19.2 Å². The molecule has 0 radical (unpaired) electrons. The van der Waals surface area contributed by atoms with Crippen molar-refractivity contribution in [1.29, 1.82) is 0 Å². The number of ether oxygens (including phenoxy) is 2. The van der Waals surface area contributed by atoms with E-state index in [4.69, 9.17) is 14.5 Å². The van der Waals surface area contributed by atoms with Gasteiger partial charge in [0.1, 0.15) is 5.75 Å². The number of phenolic OH excluding ortho intramolecular Hbond substituents is 1. The lowest BCUT2D eigenvalue weighted by Gasteiger charge is -2.32. The Bertz CT molecular complexity index is 1530. The SMILES string of the molecule is COc1cc2c(cc1OCC(C)c1ccc3cc(O)ccc3n1)C(=O)C(CC1CCN(Cc3ccccc3)CC1)C2. The number of Topliss-reactive ketones (excluding diaryl/α,β-unsaturated/α-hetero) is 1. The average Bonchev–Trinajstić information content (AvgIpc) is 3.30. The summed E-state index contributed by atoms with van der Waals surface area (Å²) in [5.74, 6) is 2.40. The molecule has 1 aliphatic carbocycles. The van der Waals surface area contributed by atoms with E-state index < -0.39 is 0 Å². The summed E-state index contributed by atoms with van der Waals surface area (Å²) >= 11 is 0. The van der Waals surface area contributed by atoms with Crippen molar-refractivity contribution in [2.24, 2.45) is 11.8 Å². The second-order valence-corrected chi connectivity index (χ2v) is 11.7. The van der Waals surface area contributed by atoms with Gasteiger partial charge in [0.15, 0.2) is 17.3 Å². The fraction of sp³-hybridized carbons (Fsp3) is 0.371. The summed E-state index contributed by atoms with van der Waals surface area (Å²) in [4.78, 5) is 20.8. The van der Waals surface area contributed by atoms with Gasteiger partial charge in [0.2, 0.25) is 0 Å². The summed E-state index contributed by atoms with van der Waals surface area (Å²) in [5, 5.41) is 10.6. The molecule has 0 spiro atoms. The monoisotopic (exact) mass is 550 g/mol. The normalized spacial score (nSPS) is 18.4. The highest BCUT2D eigenvalue weighted by Crippen LogP contribution is 2.40. The Morgan fingerprint density at radius 1 is 1.00 bits per heavy atom.